The first-order valence-corrected chi connectivity index (χ1v) is 16.9. The highest BCUT2D eigenvalue weighted by Gasteiger charge is 2.64. The zero-order valence-electron chi connectivity index (χ0n) is 26.5. The summed E-state index contributed by atoms with van der Waals surface area (Å²) in [6.45, 7) is 14.1. The maximum atomic E-state index is 12.0. The Labute approximate surface area is 257 Å². The van der Waals surface area contributed by atoms with Gasteiger partial charge in [-0.3, -0.25) is 4.79 Å². The summed E-state index contributed by atoms with van der Waals surface area (Å²) in [5, 5.41) is 10.4. The molecule has 0 aromatic heterocycles. The Morgan fingerprint density at radius 3 is 2.19 bits per heavy atom. The van der Waals surface area contributed by atoms with Crippen LogP contribution in [0.15, 0.2) is 25.3 Å². The minimum Gasteiger partial charge on any atom is -0.459 e. The van der Waals surface area contributed by atoms with Crippen LogP contribution in [0.3, 0.4) is 0 Å². The molecule has 1 aliphatic heterocycles. The molecular weight excluding hydrogens is 544 g/mol. The van der Waals surface area contributed by atoms with E-state index in [4.69, 9.17) is 14.2 Å². The van der Waals surface area contributed by atoms with Crippen molar-refractivity contribution in [1.82, 2.24) is 0 Å². The van der Waals surface area contributed by atoms with E-state index in [0.717, 1.165) is 64.2 Å². The van der Waals surface area contributed by atoms with Gasteiger partial charge in [-0.05, 0) is 125 Å². The normalized spacial score (nSPS) is 49.1. The first kappa shape index (κ1) is 30.9. The molecule has 0 spiro atoms. The van der Waals surface area contributed by atoms with Crippen molar-refractivity contribution in [3.8, 4) is 0 Å². The SMILES string of the molecule is C=CC(=O)OC12CC3CC(CC(O)(C3)C1)C2.C=CC(=O)OC1CC[C@@]2(C)C(CC[C@]3(C)C2CC[C@]2(C)OC(=O)CCC32)C1. The number of hydrogen-bond acceptors (Lipinski definition) is 7. The van der Waals surface area contributed by atoms with E-state index < -0.39 is 5.60 Å². The fraction of sp³-hybridized carbons (Fsp3) is 0.806. The van der Waals surface area contributed by atoms with Crippen molar-refractivity contribution in [3.63, 3.8) is 0 Å². The lowest BCUT2D eigenvalue weighted by molar-refractivity contribution is -0.230. The maximum absolute atomic E-state index is 12.0. The van der Waals surface area contributed by atoms with Gasteiger partial charge in [0.05, 0.1) is 5.60 Å². The quantitative estimate of drug-likeness (QED) is 0.221. The molecule has 7 nitrogen and oxygen atoms in total. The molecule has 7 saturated carbocycles. The Bertz CT molecular complexity index is 1160. The van der Waals surface area contributed by atoms with Crippen LogP contribution < -0.4 is 0 Å². The summed E-state index contributed by atoms with van der Waals surface area (Å²) in [4.78, 5) is 35.0. The number of hydrogen-bond donors (Lipinski definition) is 1. The fourth-order valence-corrected chi connectivity index (χ4v) is 12.2. The number of rotatable bonds is 4. The van der Waals surface area contributed by atoms with E-state index in [9.17, 15) is 19.5 Å². The van der Waals surface area contributed by atoms with Gasteiger partial charge in [0, 0.05) is 30.9 Å². The van der Waals surface area contributed by atoms with E-state index in [1.54, 1.807) is 0 Å². The Balaban J connectivity index is 0.000000174. The molecular formula is C36H52O7. The van der Waals surface area contributed by atoms with Gasteiger partial charge >= 0.3 is 17.9 Å². The lowest BCUT2D eigenvalue weighted by atomic mass is 9.40. The van der Waals surface area contributed by atoms with Gasteiger partial charge in [0.25, 0.3) is 0 Å². The largest absolute Gasteiger partial charge is 0.459 e. The lowest BCUT2D eigenvalue weighted by Crippen LogP contribution is -2.63. The number of esters is 3. The third kappa shape index (κ3) is 5.40. The molecule has 0 aromatic carbocycles. The molecule has 6 unspecified atom stereocenters. The van der Waals surface area contributed by atoms with Gasteiger partial charge in [-0.2, -0.15) is 0 Å². The van der Waals surface area contributed by atoms with Crippen LogP contribution in [0.2, 0.25) is 0 Å². The second kappa shape index (κ2) is 10.7. The second-order valence-corrected chi connectivity index (χ2v) is 16.2. The predicted molar refractivity (Wildman–Crippen MR) is 161 cm³/mol. The average Bonchev–Trinajstić information content (AvgIpc) is 2.91. The predicted octanol–water partition coefficient (Wildman–Crippen LogP) is 6.61. The van der Waals surface area contributed by atoms with Gasteiger partial charge in [0.15, 0.2) is 0 Å². The zero-order chi connectivity index (χ0) is 30.8. The van der Waals surface area contributed by atoms with Gasteiger partial charge < -0.3 is 19.3 Å². The van der Waals surface area contributed by atoms with Crippen LogP contribution in [0.5, 0.6) is 0 Å². The van der Waals surface area contributed by atoms with E-state index in [1.165, 1.54) is 31.4 Å². The van der Waals surface area contributed by atoms with Crippen LogP contribution in [0.25, 0.3) is 0 Å². The number of carbonyl (C=O) groups excluding carboxylic acids is 3. The third-order valence-electron chi connectivity index (χ3n) is 13.5. The molecule has 7 heteroatoms. The fourth-order valence-electron chi connectivity index (χ4n) is 12.2. The van der Waals surface area contributed by atoms with Crippen LogP contribution in [0.4, 0.5) is 0 Å². The van der Waals surface area contributed by atoms with E-state index >= 15 is 0 Å². The summed E-state index contributed by atoms with van der Waals surface area (Å²) >= 11 is 0. The summed E-state index contributed by atoms with van der Waals surface area (Å²) < 4.78 is 17.1. The number of ether oxygens (including phenoxy) is 3. The molecule has 8 fully saturated rings. The summed E-state index contributed by atoms with van der Waals surface area (Å²) in [6, 6.07) is 0. The van der Waals surface area contributed by atoms with Gasteiger partial charge in [0.1, 0.15) is 17.3 Å². The van der Waals surface area contributed by atoms with Crippen molar-refractivity contribution in [3.05, 3.63) is 25.3 Å². The molecule has 8 aliphatic rings. The standard InChI is InChI=1S/C23H34O4.C13H18O3/c1-5-19(24)26-16-9-12-21(2)15(14-16)8-11-22(3)17(21)10-13-23(4)18(22)6-7-20(25)27-23;1-2-11(14)16-13-6-9-3-10(7-13)5-12(15,4-9)8-13/h5,15-18H,1,6-14H2,2-4H3;2,9-10,15H,1,3-8H2/t15?,16?,17?,18?,21-,22+,23-;/m0./s1. The van der Waals surface area contributed by atoms with Crippen molar-refractivity contribution in [2.45, 2.75) is 140 Å². The van der Waals surface area contributed by atoms with Crippen molar-refractivity contribution in [2.75, 3.05) is 0 Å². The Kier molecular flexibility index (Phi) is 7.70. The van der Waals surface area contributed by atoms with Crippen molar-refractivity contribution in [2.24, 2.45) is 40.4 Å². The Morgan fingerprint density at radius 1 is 0.860 bits per heavy atom. The van der Waals surface area contributed by atoms with Gasteiger partial charge in [-0.25, -0.2) is 9.59 Å². The average molecular weight is 597 g/mol. The molecule has 8 rings (SSSR count). The molecule has 7 aliphatic carbocycles. The molecule has 0 radical (unpaired) electrons. The van der Waals surface area contributed by atoms with E-state index in [-0.39, 0.29) is 40.6 Å². The molecule has 4 bridgehead atoms. The van der Waals surface area contributed by atoms with Crippen LogP contribution in [-0.2, 0) is 28.6 Å². The summed E-state index contributed by atoms with van der Waals surface area (Å²) in [6.07, 6.45) is 17.2. The van der Waals surface area contributed by atoms with Crippen LogP contribution >= 0.6 is 0 Å². The second-order valence-electron chi connectivity index (χ2n) is 16.2. The molecule has 1 heterocycles. The molecule has 9 atom stereocenters. The van der Waals surface area contributed by atoms with E-state index in [2.05, 4.69) is 33.9 Å². The first-order chi connectivity index (χ1) is 20.2. The Hall–Kier alpha value is -2.15. The highest BCUT2D eigenvalue weighted by molar-refractivity contribution is 5.82. The minimum absolute atomic E-state index is 0.0137. The summed E-state index contributed by atoms with van der Waals surface area (Å²) in [5.74, 6) is 2.19. The van der Waals surface area contributed by atoms with Crippen LogP contribution in [-0.4, -0.2) is 45.9 Å². The van der Waals surface area contributed by atoms with Crippen LogP contribution in [0.1, 0.15) is 117 Å². The summed E-state index contributed by atoms with van der Waals surface area (Å²) in [7, 11) is 0. The molecule has 238 valence electrons. The maximum Gasteiger partial charge on any atom is 0.330 e. The van der Waals surface area contributed by atoms with E-state index in [1.807, 2.05) is 0 Å². The minimum atomic E-state index is -0.564. The molecule has 0 aromatic rings. The summed E-state index contributed by atoms with van der Waals surface area (Å²) in [5.41, 5.74) is -0.688. The highest BCUT2D eigenvalue weighted by atomic mass is 16.6. The molecule has 0 amide bonds. The molecule has 1 N–H and O–H groups in total. The van der Waals surface area contributed by atoms with Gasteiger partial charge in [-0.15, -0.1) is 0 Å². The molecule has 43 heavy (non-hydrogen) atoms. The highest BCUT2D eigenvalue weighted by Crippen LogP contribution is 2.68. The van der Waals surface area contributed by atoms with Crippen molar-refractivity contribution >= 4 is 17.9 Å². The zero-order valence-corrected chi connectivity index (χ0v) is 26.5. The third-order valence-corrected chi connectivity index (χ3v) is 13.5. The first-order valence-electron chi connectivity index (χ1n) is 16.9. The number of fused-ring (bicyclic) bond motifs is 5. The topological polar surface area (TPSA) is 99.1 Å². The van der Waals surface area contributed by atoms with Gasteiger partial charge in [0.2, 0.25) is 0 Å². The monoisotopic (exact) mass is 596 g/mol. The number of carbonyl (C=O) groups is 3. The lowest BCUT2D eigenvalue weighted by Gasteiger charge is -2.66. The van der Waals surface area contributed by atoms with Crippen molar-refractivity contribution in [1.29, 1.82) is 0 Å². The van der Waals surface area contributed by atoms with E-state index in [0.29, 0.717) is 47.8 Å². The smallest absolute Gasteiger partial charge is 0.330 e. The Morgan fingerprint density at radius 2 is 1.53 bits per heavy atom. The van der Waals surface area contributed by atoms with Crippen molar-refractivity contribution < 1.29 is 33.7 Å². The number of aliphatic hydroxyl groups is 1. The van der Waals surface area contributed by atoms with Crippen LogP contribution in [0, 0.1) is 40.4 Å². The van der Waals surface area contributed by atoms with Gasteiger partial charge in [-0.1, -0.05) is 27.0 Å². The molecule has 1 saturated heterocycles.